The second kappa shape index (κ2) is 10.1. The van der Waals surface area contributed by atoms with Crippen LogP contribution in [0.15, 0.2) is 66.9 Å². The maximum Gasteiger partial charge on any atom is 0.231 e. The Bertz CT molecular complexity index is 1430. The predicted molar refractivity (Wildman–Crippen MR) is 137 cm³/mol. The van der Waals surface area contributed by atoms with Crippen LogP contribution in [-0.4, -0.2) is 36.2 Å². The van der Waals surface area contributed by atoms with Crippen molar-refractivity contribution in [1.82, 2.24) is 10.3 Å². The number of para-hydroxylation sites is 1. The third-order valence-corrected chi connectivity index (χ3v) is 7.10. The van der Waals surface area contributed by atoms with E-state index in [0.29, 0.717) is 42.4 Å². The maximum atomic E-state index is 13.7. The van der Waals surface area contributed by atoms with Crippen molar-refractivity contribution in [2.75, 3.05) is 20.2 Å². The van der Waals surface area contributed by atoms with Crippen LogP contribution >= 0.6 is 0 Å². The number of hydrogen-bond acceptors (Lipinski definition) is 6. The molecule has 0 fully saturated rings. The first-order chi connectivity index (χ1) is 18.2. The molecular formula is C29H28N2O6. The highest BCUT2D eigenvalue weighted by Gasteiger charge is 2.30. The molecule has 0 radical (unpaired) electrons. The fourth-order valence-corrected chi connectivity index (χ4v) is 5.09. The first kappa shape index (κ1) is 23.2. The van der Waals surface area contributed by atoms with Crippen molar-refractivity contribution in [3.63, 3.8) is 0 Å². The molecule has 3 N–H and O–H groups in total. The van der Waals surface area contributed by atoms with E-state index < -0.39 is 5.92 Å². The Hall–Kier alpha value is -4.17. The summed E-state index contributed by atoms with van der Waals surface area (Å²) in [6, 6.07) is 19.5. The molecule has 190 valence electrons. The van der Waals surface area contributed by atoms with Gasteiger partial charge in [0.2, 0.25) is 19.5 Å². The van der Waals surface area contributed by atoms with Crippen LogP contribution in [0.25, 0.3) is 10.9 Å². The molecule has 0 bridgehead atoms. The summed E-state index contributed by atoms with van der Waals surface area (Å²) in [5.41, 5.74) is 3.96. The van der Waals surface area contributed by atoms with E-state index in [4.69, 9.17) is 18.9 Å². The van der Waals surface area contributed by atoms with Crippen molar-refractivity contribution in [3.05, 3.63) is 83.6 Å². The Balaban J connectivity index is 1.24. The minimum atomic E-state index is -0.471. The molecule has 6 rings (SSSR count). The lowest BCUT2D eigenvalue weighted by Crippen LogP contribution is -2.38. The standard InChI is InChI=1S/C29H28N2O6/c32-15-20(9-18-5-7-25-27(11-18)36-16-34-25)23(10-19-6-8-26-28(12-19)37-17-35-26)29(33)31-14-21-13-30-24-4-2-1-3-22(21)24/h1-8,11-13,20,23,30,32H,9-10,14-17H2,(H,31,33)/t20-,23+/m1/s1. The number of H-pyrrole nitrogens is 1. The SMILES string of the molecule is O=C(NCc1c[nH]c2ccccc12)[C@@H](Cc1ccc2c(c1)OCO2)[C@@H](CO)Cc1ccc2c(c1)OCO2. The zero-order valence-electron chi connectivity index (χ0n) is 20.2. The Kier molecular flexibility index (Phi) is 6.32. The van der Waals surface area contributed by atoms with E-state index in [1.54, 1.807) is 0 Å². The Morgan fingerprint density at radius 1 is 0.865 bits per heavy atom. The molecule has 2 aliphatic heterocycles. The number of hydrogen-bond donors (Lipinski definition) is 3. The number of rotatable bonds is 9. The van der Waals surface area contributed by atoms with Crippen LogP contribution in [0.5, 0.6) is 23.0 Å². The number of aromatic nitrogens is 1. The second-order valence-electron chi connectivity index (χ2n) is 9.41. The van der Waals surface area contributed by atoms with Gasteiger partial charge in [-0.05, 0) is 65.8 Å². The fourth-order valence-electron chi connectivity index (χ4n) is 5.09. The number of aromatic amines is 1. The van der Waals surface area contributed by atoms with Gasteiger partial charge in [0.1, 0.15) is 0 Å². The van der Waals surface area contributed by atoms with Gasteiger partial charge in [-0.2, -0.15) is 0 Å². The molecule has 2 aliphatic rings. The van der Waals surface area contributed by atoms with E-state index in [1.165, 1.54) is 0 Å². The predicted octanol–water partition coefficient (Wildman–Crippen LogP) is 3.95. The summed E-state index contributed by atoms with van der Waals surface area (Å²) in [4.78, 5) is 16.9. The molecule has 0 saturated heterocycles. The van der Waals surface area contributed by atoms with Crippen LogP contribution in [0.1, 0.15) is 16.7 Å². The number of ether oxygens (including phenoxy) is 4. The van der Waals surface area contributed by atoms with Gasteiger partial charge < -0.3 is 34.4 Å². The van der Waals surface area contributed by atoms with Crippen molar-refractivity contribution < 1.29 is 28.8 Å². The normalized spacial score (nSPS) is 15.1. The number of carbonyl (C=O) groups is 1. The van der Waals surface area contributed by atoms with Gasteiger partial charge in [-0.3, -0.25) is 4.79 Å². The molecule has 2 atom stereocenters. The molecule has 0 unspecified atom stereocenters. The van der Waals surface area contributed by atoms with Gasteiger partial charge in [0, 0.05) is 36.2 Å². The number of aliphatic hydroxyl groups excluding tert-OH is 1. The van der Waals surface area contributed by atoms with Crippen molar-refractivity contribution in [2.45, 2.75) is 19.4 Å². The van der Waals surface area contributed by atoms with Crippen molar-refractivity contribution in [1.29, 1.82) is 0 Å². The van der Waals surface area contributed by atoms with Gasteiger partial charge in [0.15, 0.2) is 23.0 Å². The summed E-state index contributed by atoms with van der Waals surface area (Å²) < 4.78 is 21.9. The van der Waals surface area contributed by atoms with Gasteiger partial charge in [-0.15, -0.1) is 0 Å². The van der Waals surface area contributed by atoms with Gasteiger partial charge >= 0.3 is 0 Å². The Labute approximate surface area is 214 Å². The number of fused-ring (bicyclic) bond motifs is 3. The molecule has 4 aromatic rings. The topological polar surface area (TPSA) is 102 Å². The number of benzene rings is 3. The molecule has 0 aliphatic carbocycles. The second-order valence-corrected chi connectivity index (χ2v) is 9.41. The molecule has 0 spiro atoms. The number of aliphatic hydroxyl groups is 1. The Morgan fingerprint density at radius 3 is 2.22 bits per heavy atom. The molecule has 3 aromatic carbocycles. The average molecular weight is 501 g/mol. The minimum Gasteiger partial charge on any atom is -0.454 e. The average Bonchev–Trinajstić information content (AvgIpc) is 3.68. The summed E-state index contributed by atoms with van der Waals surface area (Å²) in [5, 5.41) is 14.6. The molecule has 3 heterocycles. The van der Waals surface area contributed by atoms with Gasteiger partial charge in [-0.25, -0.2) is 0 Å². The highest BCUT2D eigenvalue weighted by Crippen LogP contribution is 2.36. The van der Waals surface area contributed by atoms with Crippen LogP contribution in [0.2, 0.25) is 0 Å². The zero-order chi connectivity index (χ0) is 25.2. The van der Waals surface area contributed by atoms with Crippen molar-refractivity contribution in [2.24, 2.45) is 11.8 Å². The summed E-state index contributed by atoms with van der Waals surface area (Å²) in [6.45, 7) is 0.648. The van der Waals surface area contributed by atoms with E-state index in [1.807, 2.05) is 66.9 Å². The van der Waals surface area contributed by atoms with Gasteiger partial charge in [-0.1, -0.05) is 30.3 Å². The molecule has 37 heavy (non-hydrogen) atoms. The van der Waals surface area contributed by atoms with Crippen molar-refractivity contribution in [3.8, 4) is 23.0 Å². The lowest BCUT2D eigenvalue weighted by Gasteiger charge is -2.25. The van der Waals surface area contributed by atoms with Crippen LogP contribution in [0.3, 0.4) is 0 Å². The quantitative estimate of drug-likeness (QED) is 0.322. The van der Waals surface area contributed by atoms with Gasteiger partial charge in [0.05, 0.1) is 0 Å². The fraction of sp³-hybridized carbons (Fsp3) is 0.276. The van der Waals surface area contributed by atoms with Crippen LogP contribution in [0, 0.1) is 11.8 Å². The summed E-state index contributed by atoms with van der Waals surface area (Å²) in [7, 11) is 0. The van der Waals surface area contributed by atoms with E-state index in [-0.39, 0.29) is 32.0 Å². The van der Waals surface area contributed by atoms with Gasteiger partial charge in [0.25, 0.3) is 0 Å². The molecule has 8 heteroatoms. The van der Waals surface area contributed by atoms with E-state index in [9.17, 15) is 9.90 Å². The minimum absolute atomic E-state index is 0.109. The number of amides is 1. The summed E-state index contributed by atoms with van der Waals surface area (Å²) >= 11 is 0. The monoisotopic (exact) mass is 500 g/mol. The smallest absolute Gasteiger partial charge is 0.231 e. The lowest BCUT2D eigenvalue weighted by molar-refractivity contribution is -0.127. The molecular weight excluding hydrogens is 472 g/mol. The van der Waals surface area contributed by atoms with Crippen molar-refractivity contribution >= 4 is 16.8 Å². The first-order valence-electron chi connectivity index (χ1n) is 12.4. The van der Waals surface area contributed by atoms with Crippen LogP contribution in [-0.2, 0) is 24.2 Å². The van der Waals surface area contributed by atoms with E-state index in [0.717, 1.165) is 27.6 Å². The Morgan fingerprint density at radius 2 is 1.51 bits per heavy atom. The maximum absolute atomic E-state index is 13.7. The van der Waals surface area contributed by atoms with E-state index >= 15 is 0 Å². The largest absolute Gasteiger partial charge is 0.454 e. The molecule has 1 amide bonds. The van der Waals surface area contributed by atoms with Crippen LogP contribution in [0.4, 0.5) is 0 Å². The first-order valence-corrected chi connectivity index (χ1v) is 12.4. The summed E-state index contributed by atoms with van der Waals surface area (Å²) in [5.74, 6) is 1.87. The number of carbonyl (C=O) groups excluding carboxylic acids is 1. The molecule has 0 saturated carbocycles. The third kappa shape index (κ3) is 4.80. The van der Waals surface area contributed by atoms with Crippen LogP contribution < -0.4 is 24.3 Å². The number of nitrogens with one attached hydrogen (secondary N) is 2. The zero-order valence-corrected chi connectivity index (χ0v) is 20.2. The lowest BCUT2D eigenvalue weighted by atomic mass is 9.82. The molecule has 8 nitrogen and oxygen atoms in total. The highest BCUT2D eigenvalue weighted by molar-refractivity contribution is 5.84. The summed E-state index contributed by atoms with van der Waals surface area (Å²) in [6.07, 6.45) is 2.89. The third-order valence-electron chi connectivity index (χ3n) is 7.10. The van der Waals surface area contributed by atoms with E-state index in [2.05, 4.69) is 10.3 Å². The molecule has 1 aromatic heterocycles. The highest BCUT2D eigenvalue weighted by atomic mass is 16.7.